The van der Waals surface area contributed by atoms with Crippen LogP contribution in [0.15, 0.2) is 78.4 Å². The summed E-state index contributed by atoms with van der Waals surface area (Å²) in [7, 11) is 0. The molecule has 3 aromatic carbocycles. The Bertz CT molecular complexity index is 1800. The van der Waals surface area contributed by atoms with Crippen LogP contribution in [0.5, 0.6) is 0 Å². The fourth-order valence-corrected chi connectivity index (χ4v) is 8.02. The number of hydrogen-bond acceptors (Lipinski definition) is 0. The molecule has 1 unspecified atom stereocenters. The van der Waals surface area contributed by atoms with E-state index < -0.39 is 0 Å². The molecule has 0 spiro atoms. The molecule has 0 aromatic heterocycles. The first-order valence-electron chi connectivity index (χ1n) is 18.1. The average Bonchev–Trinajstić information content (AvgIpc) is 3.73. The molecule has 0 nitrogen and oxygen atoms in total. The van der Waals surface area contributed by atoms with E-state index in [-0.39, 0.29) is 46.5 Å². The van der Waals surface area contributed by atoms with Crippen molar-refractivity contribution < 1.29 is 49.0 Å². The molecule has 0 radical (unpaired) electrons. The van der Waals surface area contributed by atoms with E-state index in [9.17, 15) is 0 Å². The van der Waals surface area contributed by atoms with E-state index in [1.54, 1.807) is 0 Å². The summed E-state index contributed by atoms with van der Waals surface area (Å²) in [6, 6.07) is 20.4. The van der Waals surface area contributed by atoms with E-state index >= 15 is 0 Å². The third-order valence-electron chi connectivity index (χ3n) is 10.3. The van der Waals surface area contributed by atoms with Crippen LogP contribution in [0.3, 0.4) is 0 Å². The monoisotopic (exact) mass is 794 g/mol. The molecule has 4 aliphatic carbocycles. The summed E-state index contributed by atoms with van der Waals surface area (Å²) >= 11 is 1.46. The summed E-state index contributed by atoms with van der Waals surface area (Å²) in [5.74, 6) is 0.522. The van der Waals surface area contributed by atoms with Crippen LogP contribution in [-0.2, 0) is 41.5 Å². The quantitative estimate of drug-likeness (QED) is 0.185. The van der Waals surface area contributed by atoms with Gasteiger partial charge in [0.1, 0.15) is 0 Å². The van der Waals surface area contributed by atoms with Gasteiger partial charge in [0.15, 0.2) is 0 Å². The normalized spacial score (nSPS) is 18.5. The minimum atomic E-state index is -0.0202. The Balaban J connectivity index is 0.000000289. The molecule has 0 amide bonds. The van der Waals surface area contributed by atoms with Crippen molar-refractivity contribution >= 4 is 14.9 Å². The number of rotatable bonds is 1. The molecule has 0 N–H and O–H groups in total. The molecule has 270 valence electrons. The summed E-state index contributed by atoms with van der Waals surface area (Å²) in [6.07, 6.45) is 15.1. The van der Waals surface area contributed by atoms with Gasteiger partial charge < -0.3 is 24.8 Å². The van der Waals surface area contributed by atoms with Crippen LogP contribution < -0.4 is 24.8 Å². The molecule has 0 heterocycles. The topological polar surface area (TPSA) is 0 Å². The van der Waals surface area contributed by atoms with E-state index in [4.69, 9.17) is 0 Å². The summed E-state index contributed by atoms with van der Waals surface area (Å²) in [6.45, 7) is 32.2. The van der Waals surface area contributed by atoms with Crippen LogP contribution in [0.4, 0.5) is 0 Å². The first-order valence-corrected chi connectivity index (χ1v) is 19.6. The van der Waals surface area contributed by atoms with E-state index in [0.717, 1.165) is 6.42 Å². The van der Waals surface area contributed by atoms with Gasteiger partial charge in [-0.3, -0.25) is 12.2 Å². The van der Waals surface area contributed by atoms with Gasteiger partial charge in [0.2, 0.25) is 0 Å². The van der Waals surface area contributed by atoms with Gasteiger partial charge in [-0.25, -0.2) is 11.6 Å². The van der Waals surface area contributed by atoms with E-state index in [1.165, 1.54) is 91.0 Å². The predicted octanol–water partition coefficient (Wildman–Crippen LogP) is 6.86. The number of hydrogen-bond donors (Lipinski definition) is 0. The zero-order chi connectivity index (χ0) is 36.3. The summed E-state index contributed by atoms with van der Waals surface area (Å²) < 4.78 is 2.17. The molecule has 0 saturated carbocycles. The van der Waals surface area contributed by atoms with Crippen LogP contribution in [-0.4, -0.2) is 3.71 Å². The molecule has 7 rings (SSSR count). The fourth-order valence-electron chi connectivity index (χ4n) is 7.55. The first kappa shape index (κ1) is 43.4. The molecule has 0 fully saturated rings. The standard InChI is InChI=1S/C31H37.C10H15.C7H6.2ClH.Zr/c1-28(2,3)26-16-30(7,8)24-12-18-11-19-13-25-23(15-21(19)20(18)14-22(24)26)27(29(4,5)6)17-31(25,9)10;1-8-5-6-9(7-8)10(2,3)4;1-7-5-3-2-4-6-7;;;/h12-16H,11H2,1-10H3;6-8H,1-4H3;1-6H;2*1H;/q2*-1;;;;+2/p-2. The molecule has 3 aromatic rings. The Morgan fingerprint density at radius 3 is 1.69 bits per heavy atom. The first-order chi connectivity index (χ1) is 22.5. The average molecular weight is 797 g/mol. The van der Waals surface area contributed by atoms with Crippen molar-refractivity contribution in [3.05, 3.63) is 129 Å². The van der Waals surface area contributed by atoms with Crippen molar-refractivity contribution in [1.82, 2.24) is 0 Å². The number of benzene rings is 3. The van der Waals surface area contributed by atoms with Crippen LogP contribution >= 0.6 is 0 Å². The van der Waals surface area contributed by atoms with Crippen LogP contribution in [0.25, 0.3) is 22.3 Å². The van der Waals surface area contributed by atoms with Crippen molar-refractivity contribution in [2.75, 3.05) is 0 Å². The molecule has 0 saturated heterocycles. The second kappa shape index (κ2) is 15.4. The molecule has 0 aliphatic heterocycles. The van der Waals surface area contributed by atoms with Gasteiger partial charge in [-0.1, -0.05) is 132 Å². The van der Waals surface area contributed by atoms with Crippen LogP contribution in [0, 0.1) is 34.3 Å². The van der Waals surface area contributed by atoms with E-state index in [2.05, 4.69) is 180 Å². The van der Waals surface area contributed by atoms with Gasteiger partial charge in [0.25, 0.3) is 0 Å². The second-order valence-electron chi connectivity index (χ2n) is 18.7. The Hall–Kier alpha value is -2.05. The molecule has 0 bridgehead atoms. The Labute approximate surface area is 338 Å². The number of halogens is 2. The Morgan fingerprint density at radius 1 is 0.706 bits per heavy atom. The van der Waals surface area contributed by atoms with Crippen molar-refractivity contribution in [2.45, 2.75) is 114 Å². The second-order valence-corrected chi connectivity index (χ2v) is 19.4. The van der Waals surface area contributed by atoms with Crippen molar-refractivity contribution in [2.24, 2.45) is 22.2 Å². The van der Waals surface area contributed by atoms with Gasteiger partial charge in [0, 0.05) is 5.41 Å². The summed E-state index contributed by atoms with van der Waals surface area (Å²) in [4.78, 5) is 0. The zero-order valence-corrected chi connectivity index (χ0v) is 37.5. The zero-order valence-electron chi connectivity index (χ0n) is 33.5. The number of fused-ring (bicyclic) bond motifs is 5. The molecular weight excluding hydrogens is 739 g/mol. The minimum absolute atomic E-state index is 0. The Morgan fingerprint density at radius 2 is 1.25 bits per heavy atom. The van der Waals surface area contributed by atoms with Gasteiger partial charge in [-0.2, -0.15) is 17.2 Å². The molecule has 4 aliphatic rings. The van der Waals surface area contributed by atoms with E-state index in [1.807, 2.05) is 6.07 Å². The molecular formula is C48H58Cl2Zr-2. The van der Waals surface area contributed by atoms with Crippen LogP contribution in [0.2, 0.25) is 0 Å². The van der Waals surface area contributed by atoms with Crippen molar-refractivity contribution in [3.63, 3.8) is 0 Å². The fraction of sp³-hybridized carbons (Fsp3) is 0.438. The third kappa shape index (κ3) is 9.19. The Kier molecular flexibility index (Phi) is 13.1. The maximum atomic E-state index is 3.85. The van der Waals surface area contributed by atoms with Crippen molar-refractivity contribution in [3.8, 4) is 11.1 Å². The van der Waals surface area contributed by atoms with Gasteiger partial charge in [-0.15, -0.1) is 11.6 Å². The van der Waals surface area contributed by atoms with Crippen LogP contribution in [0.1, 0.15) is 136 Å². The summed E-state index contributed by atoms with van der Waals surface area (Å²) in [5, 5.41) is 0. The van der Waals surface area contributed by atoms with Gasteiger partial charge >= 0.3 is 63.8 Å². The SMILES string of the molecule is CC(C)(C)C1=[C-]C(C)(C)c2cc3c(cc21)-c1cc2c(cc1C3)C(C)(C)C=C2C(C)(C)C.CC1[C-]=CC(C(C)(C)C)=C1.[Cl-].[Cl-].[Zr+2]=[CH]c1ccccc1. The van der Waals surface area contributed by atoms with E-state index in [0.29, 0.717) is 11.3 Å². The number of allylic oxidation sites excluding steroid dienone is 8. The third-order valence-corrected chi connectivity index (χ3v) is 11.2. The molecule has 3 heteroatoms. The maximum absolute atomic E-state index is 3.85. The van der Waals surface area contributed by atoms with Gasteiger partial charge in [0.05, 0.1) is 0 Å². The molecule has 1 atom stereocenters. The summed E-state index contributed by atoms with van der Waals surface area (Å²) in [5.41, 5.74) is 17.9. The van der Waals surface area contributed by atoms with Gasteiger partial charge in [-0.05, 0) is 62.3 Å². The van der Waals surface area contributed by atoms with Crippen molar-refractivity contribution in [1.29, 1.82) is 0 Å². The molecule has 51 heavy (non-hydrogen) atoms. The predicted molar refractivity (Wildman–Crippen MR) is 210 cm³/mol.